The molecule has 0 aliphatic carbocycles. The molecule has 0 bridgehead atoms. The summed E-state index contributed by atoms with van der Waals surface area (Å²) in [4.78, 5) is 23.2. The highest BCUT2D eigenvalue weighted by Crippen LogP contribution is 2.28. The second-order valence-corrected chi connectivity index (χ2v) is 5.64. The molecule has 0 unspecified atom stereocenters. The predicted octanol–water partition coefficient (Wildman–Crippen LogP) is 2.17. The Morgan fingerprint density at radius 3 is 2.86 bits per heavy atom. The third kappa shape index (κ3) is 3.31. The SMILES string of the molecule is CN1CCC[C@H]1c1cncc(C(=O)NCc2ccccc2)n1. The minimum Gasteiger partial charge on any atom is -0.347 e. The molecule has 22 heavy (non-hydrogen) atoms. The van der Waals surface area contributed by atoms with E-state index in [4.69, 9.17) is 0 Å². The molecule has 5 heteroatoms. The summed E-state index contributed by atoms with van der Waals surface area (Å²) in [6.45, 7) is 1.56. The highest BCUT2D eigenvalue weighted by atomic mass is 16.1. The Hall–Kier alpha value is -2.27. The van der Waals surface area contributed by atoms with E-state index in [2.05, 4.69) is 27.2 Å². The van der Waals surface area contributed by atoms with Crippen LogP contribution in [0.3, 0.4) is 0 Å². The van der Waals surface area contributed by atoms with Crippen molar-refractivity contribution in [1.82, 2.24) is 20.2 Å². The van der Waals surface area contributed by atoms with Gasteiger partial charge in [0, 0.05) is 6.54 Å². The Balaban J connectivity index is 1.67. The van der Waals surface area contributed by atoms with Crippen molar-refractivity contribution in [3.05, 3.63) is 59.7 Å². The number of carbonyl (C=O) groups is 1. The molecule has 114 valence electrons. The monoisotopic (exact) mass is 296 g/mol. The molecule has 0 saturated carbocycles. The molecular weight excluding hydrogens is 276 g/mol. The van der Waals surface area contributed by atoms with Crippen LogP contribution in [0.15, 0.2) is 42.7 Å². The number of nitrogens with zero attached hydrogens (tertiary/aromatic N) is 3. The van der Waals surface area contributed by atoms with Gasteiger partial charge in [-0.3, -0.25) is 14.7 Å². The summed E-state index contributed by atoms with van der Waals surface area (Å²) in [5.74, 6) is -0.182. The van der Waals surface area contributed by atoms with Crippen molar-refractivity contribution in [2.45, 2.75) is 25.4 Å². The first-order valence-corrected chi connectivity index (χ1v) is 7.58. The molecule has 1 fully saturated rings. The van der Waals surface area contributed by atoms with E-state index in [0.29, 0.717) is 12.2 Å². The highest BCUT2D eigenvalue weighted by molar-refractivity contribution is 5.91. The van der Waals surface area contributed by atoms with Crippen LogP contribution < -0.4 is 5.32 Å². The van der Waals surface area contributed by atoms with Crippen molar-refractivity contribution in [2.75, 3.05) is 13.6 Å². The average Bonchev–Trinajstić information content (AvgIpc) is 3.00. The lowest BCUT2D eigenvalue weighted by molar-refractivity contribution is 0.0945. The summed E-state index contributed by atoms with van der Waals surface area (Å²) in [6.07, 6.45) is 5.52. The topological polar surface area (TPSA) is 58.1 Å². The lowest BCUT2D eigenvalue weighted by Gasteiger charge is -2.18. The fourth-order valence-corrected chi connectivity index (χ4v) is 2.80. The van der Waals surface area contributed by atoms with E-state index >= 15 is 0 Å². The lowest BCUT2D eigenvalue weighted by Crippen LogP contribution is -2.25. The first-order chi connectivity index (χ1) is 10.7. The van der Waals surface area contributed by atoms with Crippen LogP contribution in [-0.4, -0.2) is 34.4 Å². The molecule has 0 radical (unpaired) electrons. The van der Waals surface area contributed by atoms with Crippen molar-refractivity contribution in [2.24, 2.45) is 0 Å². The predicted molar refractivity (Wildman–Crippen MR) is 84.2 cm³/mol. The van der Waals surface area contributed by atoms with Crippen molar-refractivity contribution >= 4 is 5.91 Å². The van der Waals surface area contributed by atoms with Gasteiger partial charge in [-0.15, -0.1) is 0 Å². The number of hydrogen-bond acceptors (Lipinski definition) is 4. The van der Waals surface area contributed by atoms with Crippen molar-refractivity contribution < 1.29 is 4.79 Å². The minimum absolute atomic E-state index is 0.182. The number of nitrogens with one attached hydrogen (secondary N) is 1. The maximum atomic E-state index is 12.2. The largest absolute Gasteiger partial charge is 0.347 e. The quantitative estimate of drug-likeness (QED) is 0.939. The van der Waals surface area contributed by atoms with Crippen molar-refractivity contribution in [1.29, 1.82) is 0 Å². The van der Waals surface area contributed by atoms with Gasteiger partial charge >= 0.3 is 0 Å². The van der Waals surface area contributed by atoms with Gasteiger partial charge in [0.1, 0.15) is 5.69 Å². The van der Waals surface area contributed by atoms with Crippen LogP contribution >= 0.6 is 0 Å². The average molecular weight is 296 g/mol. The third-order valence-electron chi connectivity index (χ3n) is 4.04. The third-order valence-corrected chi connectivity index (χ3v) is 4.04. The van der Waals surface area contributed by atoms with E-state index in [0.717, 1.165) is 30.6 Å². The number of hydrogen-bond donors (Lipinski definition) is 1. The van der Waals surface area contributed by atoms with Gasteiger partial charge < -0.3 is 5.32 Å². The maximum absolute atomic E-state index is 12.2. The zero-order valence-corrected chi connectivity index (χ0v) is 12.7. The zero-order chi connectivity index (χ0) is 15.4. The molecule has 2 heterocycles. The van der Waals surface area contributed by atoms with Gasteiger partial charge in [-0.25, -0.2) is 4.98 Å². The molecule has 0 spiro atoms. The lowest BCUT2D eigenvalue weighted by atomic mass is 10.1. The first-order valence-electron chi connectivity index (χ1n) is 7.58. The Kier molecular flexibility index (Phi) is 4.44. The molecule has 1 aromatic heterocycles. The fourth-order valence-electron chi connectivity index (χ4n) is 2.80. The molecule has 1 saturated heterocycles. The Bertz CT molecular complexity index is 644. The molecule has 1 aliphatic rings. The van der Waals surface area contributed by atoms with Crippen LogP contribution in [0.5, 0.6) is 0 Å². The number of amides is 1. The molecule has 5 nitrogen and oxygen atoms in total. The van der Waals surface area contributed by atoms with E-state index in [1.54, 1.807) is 6.20 Å². The molecule has 3 rings (SSSR count). The van der Waals surface area contributed by atoms with Gasteiger partial charge in [-0.1, -0.05) is 30.3 Å². The summed E-state index contributed by atoms with van der Waals surface area (Å²) in [5, 5.41) is 2.89. The van der Waals surface area contributed by atoms with Gasteiger partial charge in [0.25, 0.3) is 5.91 Å². The normalized spacial score (nSPS) is 18.3. The summed E-state index contributed by atoms with van der Waals surface area (Å²) < 4.78 is 0. The first kappa shape index (κ1) is 14.7. The van der Waals surface area contributed by atoms with Crippen LogP contribution in [0, 0.1) is 0 Å². The number of rotatable bonds is 4. The van der Waals surface area contributed by atoms with Gasteiger partial charge in [0.05, 0.1) is 24.1 Å². The smallest absolute Gasteiger partial charge is 0.271 e. The number of likely N-dealkylation sites (tertiary alicyclic amines) is 1. The van der Waals surface area contributed by atoms with Crippen LogP contribution in [-0.2, 0) is 6.54 Å². The number of benzene rings is 1. The molecule has 2 aromatic rings. The molecule has 1 aliphatic heterocycles. The van der Waals surface area contributed by atoms with E-state index in [9.17, 15) is 4.79 Å². The fraction of sp³-hybridized carbons (Fsp3) is 0.353. The summed E-state index contributed by atoms with van der Waals surface area (Å²) in [5.41, 5.74) is 2.33. The minimum atomic E-state index is -0.182. The Labute approximate surface area is 130 Å². The Morgan fingerprint density at radius 1 is 1.32 bits per heavy atom. The van der Waals surface area contributed by atoms with Crippen LogP contribution in [0.2, 0.25) is 0 Å². The second kappa shape index (κ2) is 6.66. The number of aromatic nitrogens is 2. The molecule has 1 atom stereocenters. The molecular formula is C17H20N4O. The van der Waals surface area contributed by atoms with Crippen molar-refractivity contribution in [3.63, 3.8) is 0 Å². The molecule has 1 aromatic carbocycles. The molecule has 1 N–H and O–H groups in total. The van der Waals surface area contributed by atoms with Crippen molar-refractivity contribution in [3.8, 4) is 0 Å². The van der Waals surface area contributed by atoms with Gasteiger partial charge in [-0.2, -0.15) is 0 Å². The number of carbonyl (C=O) groups excluding carboxylic acids is 1. The van der Waals surface area contributed by atoms with Gasteiger partial charge in [0.2, 0.25) is 0 Å². The summed E-state index contributed by atoms with van der Waals surface area (Å²) in [7, 11) is 2.08. The van der Waals surface area contributed by atoms with Gasteiger partial charge in [-0.05, 0) is 32.0 Å². The second-order valence-electron chi connectivity index (χ2n) is 5.64. The van der Waals surface area contributed by atoms with Crippen LogP contribution in [0.25, 0.3) is 0 Å². The summed E-state index contributed by atoms with van der Waals surface area (Å²) in [6, 6.07) is 10.1. The van der Waals surface area contributed by atoms with Gasteiger partial charge in [0.15, 0.2) is 0 Å². The molecule has 1 amide bonds. The maximum Gasteiger partial charge on any atom is 0.271 e. The standard InChI is InChI=1S/C17H20N4O/c1-21-9-5-8-16(21)14-11-18-12-15(20-14)17(22)19-10-13-6-3-2-4-7-13/h2-4,6-7,11-12,16H,5,8-10H2,1H3,(H,19,22)/t16-/m0/s1. The van der Waals surface area contributed by atoms with E-state index < -0.39 is 0 Å². The summed E-state index contributed by atoms with van der Waals surface area (Å²) >= 11 is 0. The highest BCUT2D eigenvalue weighted by Gasteiger charge is 2.24. The van der Waals surface area contributed by atoms with E-state index in [1.807, 2.05) is 30.3 Å². The van der Waals surface area contributed by atoms with Crippen LogP contribution in [0.1, 0.15) is 40.6 Å². The van der Waals surface area contributed by atoms with Crippen LogP contribution in [0.4, 0.5) is 0 Å². The Morgan fingerprint density at radius 2 is 2.14 bits per heavy atom. The zero-order valence-electron chi connectivity index (χ0n) is 12.7. The van der Waals surface area contributed by atoms with E-state index in [-0.39, 0.29) is 11.9 Å². The van der Waals surface area contributed by atoms with E-state index in [1.165, 1.54) is 6.20 Å².